The molecule has 4 nitrogen and oxygen atoms in total. The molecule has 102 valence electrons. The lowest BCUT2D eigenvalue weighted by atomic mass is 10.1. The number of fused-ring (bicyclic) bond motifs is 1. The predicted octanol–water partition coefficient (Wildman–Crippen LogP) is 3.17. The van der Waals surface area contributed by atoms with Crippen LogP contribution in [-0.2, 0) is 6.42 Å². The average molecular weight is 268 g/mol. The second kappa shape index (κ2) is 5.25. The van der Waals surface area contributed by atoms with Crippen LogP contribution in [0.1, 0.15) is 11.4 Å². The van der Waals surface area contributed by atoms with Crippen LogP contribution < -0.4 is 9.47 Å². The SMILES string of the molecule is COc1ccc(Cc2nc3ccc(OC)cc3[nH]2)cc1. The van der Waals surface area contributed by atoms with Crippen molar-refractivity contribution in [3.8, 4) is 11.5 Å². The number of nitrogens with zero attached hydrogens (tertiary/aromatic N) is 1. The second-order valence-corrected chi connectivity index (χ2v) is 4.59. The fraction of sp³-hybridized carbons (Fsp3) is 0.188. The first-order valence-corrected chi connectivity index (χ1v) is 6.44. The number of methoxy groups -OCH3 is 2. The Bertz CT molecular complexity index is 717. The van der Waals surface area contributed by atoms with E-state index >= 15 is 0 Å². The number of aromatic amines is 1. The van der Waals surface area contributed by atoms with Gasteiger partial charge < -0.3 is 14.5 Å². The van der Waals surface area contributed by atoms with Crippen molar-refractivity contribution in [2.45, 2.75) is 6.42 Å². The quantitative estimate of drug-likeness (QED) is 0.790. The first kappa shape index (κ1) is 12.5. The zero-order valence-corrected chi connectivity index (χ0v) is 11.5. The summed E-state index contributed by atoms with van der Waals surface area (Å²) in [5.74, 6) is 2.64. The molecule has 1 aromatic heterocycles. The molecule has 3 rings (SSSR count). The van der Waals surface area contributed by atoms with E-state index in [-0.39, 0.29) is 0 Å². The lowest BCUT2D eigenvalue weighted by Crippen LogP contribution is -1.91. The minimum atomic E-state index is 0.765. The molecule has 0 amide bonds. The van der Waals surface area contributed by atoms with Gasteiger partial charge in [-0.05, 0) is 29.8 Å². The van der Waals surface area contributed by atoms with E-state index in [0.717, 1.165) is 34.8 Å². The third-order valence-corrected chi connectivity index (χ3v) is 3.27. The lowest BCUT2D eigenvalue weighted by Gasteiger charge is -2.01. The number of aromatic nitrogens is 2. The summed E-state index contributed by atoms with van der Waals surface area (Å²) in [6.07, 6.45) is 0.765. The number of rotatable bonds is 4. The van der Waals surface area contributed by atoms with Gasteiger partial charge in [-0.3, -0.25) is 0 Å². The fourth-order valence-corrected chi connectivity index (χ4v) is 2.19. The maximum atomic E-state index is 5.21. The fourth-order valence-electron chi connectivity index (χ4n) is 2.19. The Labute approximate surface area is 117 Å². The van der Waals surface area contributed by atoms with Crippen molar-refractivity contribution in [2.75, 3.05) is 14.2 Å². The number of benzene rings is 2. The van der Waals surface area contributed by atoms with Crippen LogP contribution in [0.4, 0.5) is 0 Å². The maximum Gasteiger partial charge on any atom is 0.121 e. The van der Waals surface area contributed by atoms with Gasteiger partial charge in [0.05, 0.1) is 25.3 Å². The van der Waals surface area contributed by atoms with Crippen LogP contribution >= 0.6 is 0 Å². The first-order chi connectivity index (χ1) is 9.78. The Hall–Kier alpha value is -2.49. The zero-order chi connectivity index (χ0) is 13.9. The molecule has 3 aromatic rings. The van der Waals surface area contributed by atoms with Gasteiger partial charge in [-0.1, -0.05) is 12.1 Å². The van der Waals surface area contributed by atoms with Gasteiger partial charge in [-0.15, -0.1) is 0 Å². The van der Waals surface area contributed by atoms with E-state index in [1.54, 1.807) is 14.2 Å². The largest absolute Gasteiger partial charge is 0.497 e. The van der Waals surface area contributed by atoms with E-state index in [2.05, 4.69) is 9.97 Å². The van der Waals surface area contributed by atoms with Crippen LogP contribution in [0.25, 0.3) is 11.0 Å². The van der Waals surface area contributed by atoms with Gasteiger partial charge in [0.2, 0.25) is 0 Å². The Morgan fingerprint density at radius 2 is 1.65 bits per heavy atom. The molecule has 0 aliphatic carbocycles. The Kier molecular flexibility index (Phi) is 3.29. The zero-order valence-electron chi connectivity index (χ0n) is 11.5. The van der Waals surface area contributed by atoms with Crippen LogP contribution in [0.15, 0.2) is 42.5 Å². The number of nitrogens with one attached hydrogen (secondary N) is 1. The first-order valence-electron chi connectivity index (χ1n) is 6.44. The molecule has 0 bridgehead atoms. The van der Waals surface area contributed by atoms with Crippen LogP contribution in [0.3, 0.4) is 0 Å². The van der Waals surface area contributed by atoms with E-state index in [9.17, 15) is 0 Å². The van der Waals surface area contributed by atoms with Gasteiger partial charge in [-0.25, -0.2) is 4.98 Å². The molecular formula is C16H16N2O2. The summed E-state index contributed by atoms with van der Waals surface area (Å²) >= 11 is 0. The third-order valence-electron chi connectivity index (χ3n) is 3.27. The molecule has 0 unspecified atom stereocenters. The topological polar surface area (TPSA) is 47.1 Å². The summed E-state index contributed by atoms with van der Waals surface area (Å²) in [7, 11) is 3.33. The van der Waals surface area contributed by atoms with Crippen molar-refractivity contribution in [1.82, 2.24) is 9.97 Å². The van der Waals surface area contributed by atoms with Crippen LogP contribution in [-0.4, -0.2) is 24.2 Å². The summed E-state index contributed by atoms with van der Waals surface area (Å²) in [5, 5.41) is 0. The summed E-state index contributed by atoms with van der Waals surface area (Å²) in [4.78, 5) is 7.91. The molecule has 0 atom stereocenters. The predicted molar refractivity (Wildman–Crippen MR) is 78.4 cm³/mol. The summed E-state index contributed by atoms with van der Waals surface area (Å²) in [5.41, 5.74) is 3.14. The molecule has 0 saturated carbocycles. The van der Waals surface area contributed by atoms with Crippen molar-refractivity contribution in [3.05, 3.63) is 53.9 Å². The highest BCUT2D eigenvalue weighted by Gasteiger charge is 2.05. The van der Waals surface area contributed by atoms with Gasteiger partial charge in [0.15, 0.2) is 0 Å². The Morgan fingerprint density at radius 1 is 0.950 bits per heavy atom. The molecular weight excluding hydrogens is 252 g/mol. The minimum Gasteiger partial charge on any atom is -0.497 e. The molecule has 0 spiro atoms. The van der Waals surface area contributed by atoms with E-state index in [1.807, 2.05) is 42.5 Å². The standard InChI is InChI=1S/C16H16N2O2/c1-19-12-5-3-11(4-6-12)9-16-17-14-8-7-13(20-2)10-15(14)18-16/h3-8,10H,9H2,1-2H3,(H,17,18). The van der Waals surface area contributed by atoms with E-state index in [0.29, 0.717) is 0 Å². The van der Waals surface area contributed by atoms with Crippen LogP contribution in [0.5, 0.6) is 11.5 Å². The Morgan fingerprint density at radius 3 is 2.35 bits per heavy atom. The molecule has 0 aliphatic rings. The minimum absolute atomic E-state index is 0.765. The highest BCUT2D eigenvalue weighted by Crippen LogP contribution is 2.20. The monoisotopic (exact) mass is 268 g/mol. The van der Waals surface area contributed by atoms with Crippen molar-refractivity contribution < 1.29 is 9.47 Å². The number of hydrogen-bond acceptors (Lipinski definition) is 3. The van der Waals surface area contributed by atoms with E-state index in [4.69, 9.17) is 9.47 Å². The van der Waals surface area contributed by atoms with E-state index < -0.39 is 0 Å². The average Bonchev–Trinajstić information content (AvgIpc) is 2.89. The second-order valence-electron chi connectivity index (χ2n) is 4.59. The number of H-pyrrole nitrogens is 1. The van der Waals surface area contributed by atoms with Crippen molar-refractivity contribution in [1.29, 1.82) is 0 Å². The molecule has 1 N–H and O–H groups in total. The molecule has 4 heteroatoms. The molecule has 0 aliphatic heterocycles. The number of hydrogen-bond donors (Lipinski definition) is 1. The highest BCUT2D eigenvalue weighted by atomic mass is 16.5. The summed E-state index contributed by atoms with van der Waals surface area (Å²) < 4.78 is 10.4. The van der Waals surface area contributed by atoms with Gasteiger partial charge in [0.1, 0.15) is 17.3 Å². The van der Waals surface area contributed by atoms with Crippen molar-refractivity contribution in [2.24, 2.45) is 0 Å². The van der Waals surface area contributed by atoms with Crippen LogP contribution in [0.2, 0.25) is 0 Å². The maximum absolute atomic E-state index is 5.21. The summed E-state index contributed by atoms with van der Waals surface area (Å²) in [6, 6.07) is 13.9. The smallest absolute Gasteiger partial charge is 0.121 e. The molecule has 0 radical (unpaired) electrons. The third kappa shape index (κ3) is 2.45. The highest BCUT2D eigenvalue weighted by molar-refractivity contribution is 5.76. The molecule has 0 fully saturated rings. The lowest BCUT2D eigenvalue weighted by molar-refractivity contribution is 0.414. The molecule has 0 saturated heterocycles. The molecule has 2 aromatic carbocycles. The van der Waals surface area contributed by atoms with Crippen molar-refractivity contribution in [3.63, 3.8) is 0 Å². The molecule has 20 heavy (non-hydrogen) atoms. The van der Waals surface area contributed by atoms with Gasteiger partial charge in [0.25, 0.3) is 0 Å². The molecule has 1 heterocycles. The van der Waals surface area contributed by atoms with Crippen molar-refractivity contribution >= 4 is 11.0 Å². The normalized spacial score (nSPS) is 10.7. The van der Waals surface area contributed by atoms with Gasteiger partial charge >= 0.3 is 0 Å². The summed E-state index contributed by atoms with van der Waals surface area (Å²) in [6.45, 7) is 0. The van der Waals surface area contributed by atoms with Crippen LogP contribution in [0, 0.1) is 0 Å². The Balaban J connectivity index is 1.86. The van der Waals surface area contributed by atoms with E-state index in [1.165, 1.54) is 5.56 Å². The van der Waals surface area contributed by atoms with Gasteiger partial charge in [0, 0.05) is 12.5 Å². The van der Waals surface area contributed by atoms with Gasteiger partial charge in [-0.2, -0.15) is 0 Å². The number of ether oxygens (including phenoxy) is 2. The number of imidazole rings is 1.